The van der Waals surface area contributed by atoms with Crippen LogP contribution in [0.15, 0.2) is 48.5 Å². The summed E-state index contributed by atoms with van der Waals surface area (Å²) < 4.78 is 5.20. The van der Waals surface area contributed by atoms with Crippen LogP contribution in [-0.4, -0.2) is 12.9 Å². The monoisotopic (exact) mass is 331 g/mol. The summed E-state index contributed by atoms with van der Waals surface area (Å²) in [6, 6.07) is 15.2. The lowest BCUT2D eigenvalue weighted by Gasteiger charge is -2.20. The van der Waals surface area contributed by atoms with E-state index in [0.717, 1.165) is 23.4 Å². The number of benzene rings is 2. The lowest BCUT2D eigenvalue weighted by atomic mass is 9.99. The average Bonchev–Trinajstić information content (AvgIpc) is 2.55. The zero-order chi connectivity index (χ0) is 16.7. The van der Waals surface area contributed by atoms with Crippen molar-refractivity contribution in [3.8, 4) is 5.75 Å². The van der Waals surface area contributed by atoms with E-state index in [2.05, 4.69) is 5.32 Å². The van der Waals surface area contributed by atoms with Crippen LogP contribution < -0.4 is 10.1 Å². The van der Waals surface area contributed by atoms with Crippen molar-refractivity contribution in [2.45, 2.75) is 32.2 Å². The summed E-state index contributed by atoms with van der Waals surface area (Å²) in [6.07, 6.45) is 1.92. The van der Waals surface area contributed by atoms with Crippen LogP contribution in [0, 0.1) is 0 Å². The van der Waals surface area contributed by atoms with Crippen molar-refractivity contribution in [2.24, 2.45) is 0 Å². The van der Waals surface area contributed by atoms with Gasteiger partial charge < -0.3 is 10.1 Å². The molecule has 0 aliphatic rings. The van der Waals surface area contributed by atoms with Crippen molar-refractivity contribution in [1.29, 1.82) is 0 Å². The Bertz CT molecular complexity index is 640. The number of ketones is 1. The molecule has 3 nitrogen and oxygen atoms in total. The van der Waals surface area contributed by atoms with Crippen LogP contribution in [0.4, 0.5) is 5.69 Å². The van der Waals surface area contributed by atoms with E-state index in [1.54, 1.807) is 7.11 Å². The fraction of sp³-hybridized carbons (Fsp3) is 0.316. The van der Waals surface area contributed by atoms with Gasteiger partial charge in [0.05, 0.1) is 13.2 Å². The van der Waals surface area contributed by atoms with Crippen LogP contribution in [0.3, 0.4) is 0 Å². The summed E-state index contributed by atoms with van der Waals surface area (Å²) in [6.45, 7) is 2.02. The van der Waals surface area contributed by atoms with E-state index in [0.29, 0.717) is 17.9 Å². The maximum Gasteiger partial charge on any atom is 0.135 e. The summed E-state index contributed by atoms with van der Waals surface area (Å²) in [5.41, 5.74) is 1.96. The number of hydrogen-bond acceptors (Lipinski definition) is 3. The second kappa shape index (κ2) is 8.59. The van der Waals surface area contributed by atoms with Gasteiger partial charge in [-0.15, -0.1) is 0 Å². The second-order valence-electron chi connectivity index (χ2n) is 5.47. The van der Waals surface area contributed by atoms with E-state index in [9.17, 15) is 4.79 Å². The van der Waals surface area contributed by atoms with E-state index >= 15 is 0 Å². The Kier molecular flexibility index (Phi) is 6.48. The fourth-order valence-electron chi connectivity index (χ4n) is 2.48. The molecule has 0 bridgehead atoms. The molecule has 122 valence electrons. The van der Waals surface area contributed by atoms with Gasteiger partial charge in [-0.25, -0.2) is 0 Å². The lowest BCUT2D eigenvalue weighted by molar-refractivity contribution is -0.119. The Morgan fingerprint density at radius 3 is 2.57 bits per heavy atom. The third kappa shape index (κ3) is 5.29. The summed E-state index contributed by atoms with van der Waals surface area (Å²) >= 11 is 6.05. The number of methoxy groups -OCH3 is 1. The first kappa shape index (κ1) is 17.4. The van der Waals surface area contributed by atoms with Gasteiger partial charge in [0, 0.05) is 23.6 Å². The third-order valence-corrected chi connectivity index (χ3v) is 3.88. The van der Waals surface area contributed by atoms with Gasteiger partial charge in [-0.2, -0.15) is 0 Å². The van der Waals surface area contributed by atoms with Gasteiger partial charge in [-0.05, 0) is 42.3 Å². The third-order valence-electron chi connectivity index (χ3n) is 3.64. The van der Waals surface area contributed by atoms with Gasteiger partial charge in [-0.3, -0.25) is 4.79 Å². The summed E-state index contributed by atoms with van der Waals surface area (Å²) in [5, 5.41) is 4.09. The zero-order valence-electron chi connectivity index (χ0n) is 13.5. The minimum atomic E-state index is -0.0848. The smallest absolute Gasteiger partial charge is 0.135 e. The number of halogens is 1. The quantitative estimate of drug-likeness (QED) is 0.717. The molecule has 1 N–H and O–H groups in total. The standard InChI is InChI=1S/C19H22ClNO2/c1-3-5-17(22)13-19(14-8-10-18(23-2)11-9-14)21-16-7-4-6-15(20)12-16/h4,6-12,19,21H,3,5,13H2,1-2H3. The maximum atomic E-state index is 12.1. The number of carbonyl (C=O) groups is 1. The first-order chi connectivity index (χ1) is 11.1. The summed E-state index contributed by atoms with van der Waals surface area (Å²) in [5.74, 6) is 1.05. The molecule has 2 rings (SSSR count). The van der Waals surface area contributed by atoms with E-state index in [1.807, 2.05) is 55.5 Å². The molecule has 0 amide bonds. The van der Waals surface area contributed by atoms with Crippen molar-refractivity contribution in [1.82, 2.24) is 0 Å². The SMILES string of the molecule is CCCC(=O)CC(Nc1cccc(Cl)c1)c1ccc(OC)cc1. The number of rotatable bonds is 8. The number of carbonyl (C=O) groups excluding carboxylic acids is 1. The van der Waals surface area contributed by atoms with Crippen molar-refractivity contribution in [3.63, 3.8) is 0 Å². The second-order valence-corrected chi connectivity index (χ2v) is 5.91. The topological polar surface area (TPSA) is 38.3 Å². The molecule has 0 aromatic heterocycles. The van der Waals surface area contributed by atoms with Gasteiger partial charge >= 0.3 is 0 Å². The van der Waals surface area contributed by atoms with E-state index in [4.69, 9.17) is 16.3 Å². The Morgan fingerprint density at radius 2 is 1.96 bits per heavy atom. The molecule has 0 aliphatic heterocycles. The molecule has 2 aromatic carbocycles. The highest BCUT2D eigenvalue weighted by Gasteiger charge is 2.16. The summed E-state index contributed by atoms with van der Waals surface area (Å²) in [7, 11) is 1.64. The van der Waals surface area contributed by atoms with Gasteiger partial charge in [-0.1, -0.05) is 36.7 Å². The van der Waals surface area contributed by atoms with Crippen molar-refractivity contribution in [3.05, 3.63) is 59.1 Å². The van der Waals surface area contributed by atoms with Crippen LogP contribution in [0.5, 0.6) is 5.75 Å². The van der Waals surface area contributed by atoms with Crippen LogP contribution in [0.2, 0.25) is 5.02 Å². The molecule has 0 aliphatic carbocycles. The molecule has 0 radical (unpaired) electrons. The Labute approximate surface area is 142 Å². The molecule has 1 unspecified atom stereocenters. The first-order valence-electron chi connectivity index (χ1n) is 7.80. The number of anilines is 1. The van der Waals surface area contributed by atoms with E-state index < -0.39 is 0 Å². The highest BCUT2D eigenvalue weighted by Crippen LogP contribution is 2.26. The van der Waals surface area contributed by atoms with Crippen LogP contribution in [0.25, 0.3) is 0 Å². The molecule has 1 atom stereocenters. The molecule has 0 saturated carbocycles. The van der Waals surface area contributed by atoms with Crippen molar-refractivity contribution >= 4 is 23.1 Å². The number of hydrogen-bond donors (Lipinski definition) is 1. The van der Waals surface area contributed by atoms with E-state index in [-0.39, 0.29) is 11.8 Å². The van der Waals surface area contributed by atoms with Crippen LogP contribution >= 0.6 is 11.6 Å². The van der Waals surface area contributed by atoms with Crippen LogP contribution in [0.1, 0.15) is 37.8 Å². The largest absolute Gasteiger partial charge is 0.497 e. The predicted molar refractivity (Wildman–Crippen MR) is 95.3 cm³/mol. The Hall–Kier alpha value is -2.00. The molecule has 4 heteroatoms. The maximum absolute atomic E-state index is 12.1. The highest BCUT2D eigenvalue weighted by molar-refractivity contribution is 6.30. The molecule has 0 saturated heterocycles. The number of ether oxygens (including phenoxy) is 1. The lowest BCUT2D eigenvalue weighted by Crippen LogP contribution is -2.15. The Morgan fingerprint density at radius 1 is 1.22 bits per heavy atom. The zero-order valence-corrected chi connectivity index (χ0v) is 14.3. The normalized spacial score (nSPS) is 11.8. The molecule has 2 aromatic rings. The van der Waals surface area contributed by atoms with Gasteiger partial charge in [0.2, 0.25) is 0 Å². The minimum Gasteiger partial charge on any atom is -0.497 e. The molecule has 0 fully saturated rings. The highest BCUT2D eigenvalue weighted by atomic mass is 35.5. The Balaban J connectivity index is 2.21. The van der Waals surface area contributed by atoms with Gasteiger partial charge in [0.15, 0.2) is 0 Å². The first-order valence-corrected chi connectivity index (χ1v) is 8.18. The van der Waals surface area contributed by atoms with Crippen LogP contribution in [-0.2, 0) is 4.79 Å². The summed E-state index contributed by atoms with van der Waals surface area (Å²) in [4.78, 5) is 12.1. The number of Topliss-reactive ketones (excluding diaryl/α,β-unsaturated/α-hetero) is 1. The van der Waals surface area contributed by atoms with Crippen molar-refractivity contribution in [2.75, 3.05) is 12.4 Å². The molecule has 0 heterocycles. The molecular weight excluding hydrogens is 310 g/mol. The predicted octanol–water partition coefficient (Wildman–Crippen LogP) is 5.26. The molecule has 23 heavy (non-hydrogen) atoms. The van der Waals surface area contributed by atoms with Crippen molar-refractivity contribution < 1.29 is 9.53 Å². The van der Waals surface area contributed by atoms with Gasteiger partial charge in [0.25, 0.3) is 0 Å². The minimum absolute atomic E-state index is 0.0848. The average molecular weight is 332 g/mol. The molecule has 0 spiro atoms. The van der Waals surface area contributed by atoms with Gasteiger partial charge in [0.1, 0.15) is 11.5 Å². The van der Waals surface area contributed by atoms with E-state index in [1.165, 1.54) is 0 Å². The molecular formula is C19H22ClNO2. The number of nitrogens with one attached hydrogen (secondary N) is 1. The fourth-order valence-corrected chi connectivity index (χ4v) is 2.67.